The monoisotopic (exact) mass is 1050 g/mol. The Morgan fingerprint density at radius 1 is 0.609 bits per heavy atom. The van der Waals surface area contributed by atoms with E-state index in [0.717, 1.165) is 24.0 Å². The molecule has 1 amide bonds. The number of carboxylic acids is 3. The van der Waals surface area contributed by atoms with Gasteiger partial charge in [-0.05, 0) is 60.7 Å². The summed E-state index contributed by atoms with van der Waals surface area (Å²) in [4.78, 5) is 68.4. The smallest absolute Gasteiger partial charge is 0.335 e. The zero-order valence-corrected chi connectivity index (χ0v) is 34.4. The van der Waals surface area contributed by atoms with Crippen molar-refractivity contribution >= 4 is 123 Å². The minimum Gasteiger partial charge on any atom is -0.478 e. The second kappa shape index (κ2) is 29.2. The van der Waals surface area contributed by atoms with Crippen LogP contribution in [0.5, 0.6) is 0 Å². The SMILES string of the molecule is I[I-]I.NCCS.O=C(CCCS)c1cc(C(=O)CCCS)cc(C(=O)NCCS)c1.O=C(O)c1cc(C(=O)O)cc(C(=O)O)c1. The van der Waals surface area contributed by atoms with Gasteiger partial charge in [0.05, 0.1) is 16.7 Å². The first-order chi connectivity index (χ1) is 21.8. The van der Waals surface area contributed by atoms with Crippen LogP contribution in [-0.4, -0.2) is 86.8 Å². The van der Waals surface area contributed by atoms with Gasteiger partial charge in [0.25, 0.3) is 5.91 Å². The molecule has 46 heavy (non-hydrogen) atoms. The van der Waals surface area contributed by atoms with Gasteiger partial charge in [-0.2, -0.15) is 50.5 Å². The molecule has 0 saturated carbocycles. The normalized spacial score (nSPS) is 9.72. The maximum atomic E-state index is 12.3. The van der Waals surface area contributed by atoms with Crippen LogP contribution in [0.25, 0.3) is 0 Å². The first-order valence-corrected chi connectivity index (χ1v) is 28.2. The number of thiol groups is 4. The summed E-state index contributed by atoms with van der Waals surface area (Å²) < 4.78 is 0. The minimum absolute atomic E-state index is 0.0869. The van der Waals surface area contributed by atoms with E-state index >= 15 is 0 Å². The molecule has 11 nitrogen and oxygen atoms in total. The Morgan fingerprint density at radius 3 is 1.17 bits per heavy atom. The number of nitrogens with two attached hydrogens (primary N) is 1. The predicted octanol–water partition coefficient (Wildman–Crippen LogP) is 2.56. The van der Waals surface area contributed by atoms with Crippen LogP contribution >= 0.6 is 87.7 Å². The number of rotatable bonds is 15. The number of aromatic carboxylic acids is 3. The van der Waals surface area contributed by atoms with Crippen LogP contribution in [0.15, 0.2) is 36.4 Å². The average molecular weight is 1050 g/mol. The van der Waals surface area contributed by atoms with E-state index in [1.807, 2.05) is 0 Å². The fourth-order valence-corrected chi connectivity index (χ4v) is 3.55. The van der Waals surface area contributed by atoms with E-state index < -0.39 is 17.9 Å². The van der Waals surface area contributed by atoms with Gasteiger partial charge in [-0.15, -0.1) is 0 Å². The molecule has 0 aliphatic heterocycles. The van der Waals surface area contributed by atoms with Crippen LogP contribution in [0, 0.1) is 0 Å². The quantitative estimate of drug-likeness (QED) is 0.0726. The van der Waals surface area contributed by atoms with Crippen molar-refractivity contribution in [2.24, 2.45) is 5.73 Å². The van der Waals surface area contributed by atoms with Crippen LogP contribution in [0.1, 0.15) is 87.8 Å². The van der Waals surface area contributed by atoms with E-state index in [1.54, 1.807) is 18.2 Å². The van der Waals surface area contributed by atoms with Gasteiger partial charge in [-0.25, -0.2) is 14.4 Å². The molecule has 258 valence electrons. The van der Waals surface area contributed by atoms with Crippen molar-refractivity contribution in [3.8, 4) is 0 Å². The molecule has 2 aromatic rings. The summed E-state index contributed by atoms with van der Waals surface area (Å²) in [6, 6.07) is 7.37. The molecule has 2 rings (SSSR count). The topological polar surface area (TPSA) is 201 Å². The summed E-state index contributed by atoms with van der Waals surface area (Å²) >= 11 is 21.4. The number of carboxylic acid groups (broad SMARTS) is 3. The van der Waals surface area contributed by atoms with E-state index in [1.165, 1.54) is 0 Å². The molecule has 2 aromatic carbocycles. The van der Waals surface area contributed by atoms with Crippen molar-refractivity contribution in [1.82, 2.24) is 5.32 Å². The maximum Gasteiger partial charge on any atom is 0.335 e. The van der Waals surface area contributed by atoms with Gasteiger partial charge in [-0.1, -0.05) is 0 Å². The number of Topliss-reactive ketones (excluding diaryl/α,β-unsaturated/α-hetero) is 2. The number of carbonyl (C=O) groups is 6. The first kappa shape index (κ1) is 47.3. The zero-order chi connectivity index (χ0) is 35.7. The second-order valence-corrected chi connectivity index (χ2v) is 26.6. The number of carbonyl (C=O) groups excluding carboxylic acids is 3. The third-order valence-electron chi connectivity index (χ3n) is 5.16. The number of halogens is 3. The van der Waals surface area contributed by atoms with Crippen LogP contribution < -0.4 is 24.3 Å². The van der Waals surface area contributed by atoms with Crippen molar-refractivity contribution in [2.45, 2.75) is 25.7 Å². The molecule has 0 spiro atoms. The minimum atomic E-state index is -1.37. The van der Waals surface area contributed by atoms with Crippen LogP contribution in [-0.2, 0) is 0 Å². The predicted molar refractivity (Wildman–Crippen MR) is 206 cm³/mol. The van der Waals surface area contributed by atoms with Gasteiger partial charge in [0.1, 0.15) is 0 Å². The fraction of sp³-hybridized carbons (Fsp3) is 0.357. The summed E-state index contributed by atoms with van der Waals surface area (Å²) in [7, 11) is 0. The van der Waals surface area contributed by atoms with Crippen molar-refractivity contribution in [1.29, 1.82) is 0 Å². The van der Waals surface area contributed by atoms with E-state index in [4.69, 9.17) is 21.1 Å². The molecule has 18 heteroatoms. The number of amides is 1. The Kier molecular flexibility index (Phi) is 30.0. The molecule has 0 radical (unpaired) electrons. The van der Waals surface area contributed by atoms with Gasteiger partial charge in [-0.3, -0.25) is 14.4 Å². The molecule has 0 saturated heterocycles. The van der Waals surface area contributed by atoms with Crippen LogP contribution in [0.3, 0.4) is 0 Å². The molecular weight excluding hydrogens is 1020 g/mol. The molecular formula is C28H36I3N2O9S4-. The van der Waals surface area contributed by atoms with Crippen molar-refractivity contribution in [3.63, 3.8) is 0 Å². The van der Waals surface area contributed by atoms with Gasteiger partial charge in [0.2, 0.25) is 0 Å². The Labute approximate surface area is 319 Å². The van der Waals surface area contributed by atoms with E-state index in [0.29, 0.717) is 86.0 Å². The standard InChI is InChI=1S/C17H23NO3S3.C9H6O6.C2H7NS.I3/c19-15(3-1-6-22)12-9-13(16(20)4-2-7-23)11-14(10-12)17(21)18-5-8-24;10-7(11)4-1-5(8(12)13)3-6(2-4)9(14)15;3-1-2-4;1-3-2/h9-11,22-24H,1-8H2,(H,18,21);1-3H,(H,10,11)(H,12,13)(H,14,15);4H,1-3H2;/q;;;-1. The molecule has 0 aromatic heterocycles. The number of nitrogens with one attached hydrogen (secondary N) is 1. The largest absolute Gasteiger partial charge is 0.478 e. The molecule has 6 N–H and O–H groups in total. The number of hydrogen-bond donors (Lipinski definition) is 9. The molecule has 0 unspecified atom stereocenters. The molecule has 0 heterocycles. The second-order valence-electron chi connectivity index (χ2n) is 8.56. The third kappa shape index (κ3) is 21.2. The maximum absolute atomic E-state index is 12.3. The molecule has 0 fully saturated rings. The Balaban J connectivity index is 0. The van der Waals surface area contributed by atoms with Gasteiger partial charge in [0, 0.05) is 54.1 Å². The van der Waals surface area contributed by atoms with Crippen molar-refractivity contribution in [2.75, 3.05) is 36.1 Å². The molecule has 0 bridgehead atoms. The summed E-state index contributed by atoms with van der Waals surface area (Å²) in [5, 5.41) is 28.5. The van der Waals surface area contributed by atoms with Crippen molar-refractivity contribution < 1.29 is 57.3 Å². The van der Waals surface area contributed by atoms with Gasteiger partial charge >= 0.3 is 68.4 Å². The number of ketones is 2. The average Bonchev–Trinajstić information content (AvgIpc) is 3.05. The van der Waals surface area contributed by atoms with E-state index in [2.05, 4.69) is 93.1 Å². The van der Waals surface area contributed by atoms with E-state index in [9.17, 15) is 28.8 Å². The molecule has 0 atom stereocenters. The summed E-state index contributed by atoms with van der Waals surface area (Å²) in [6.07, 6.45) is 1.99. The Bertz CT molecular complexity index is 1130. The Morgan fingerprint density at radius 2 is 0.913 bits per heavy atom. The molecule has 0 aliphatic carbocycles. The fourth-order valence-electron chi connectivity index (χ4n) is 3.12. The van der Waals surface area contributed by atoms with Crippen LogP contribution in [0.2, 0.25) is 0 Å². The van der Waals surface area contributed by atoms with E-state index in [-0.39, 0.29) is 34.2 Å². The Hall–Kier alpha value is -0.790. The summed E-state index contributed by atoms with van der Waals surface area (Å²) in [5.41, 5.74) is 4.95. The summed E-state index contributed by atoms with van der Waals surface area (Å²) in [5.74, 6) is -2.08. The summed E-state index contributed by atoms with van der Waals surface area (Å²) in [6.45, 7) is 1.10. The van der Waals surface area contributed by atoms with Crippen LogP contribution in [0.4, 0.5) is 0 Å². The third-order valence-corrected chi connectivity index (χ3v) is 6.28. The molecule has 0 aliphatic rings. The first-order valence-electron chi connectivity index (χ1n) is 13.1. The van der Waals surface area contributed by atoms with Crippen molar-refractivity contribution in [3.05, 3.63) is 69.8 Å². The van der Waals surface area contributed by atoms with Gasteiger partial charge in [0.15, 0.2) is 11.6 Å². The van der Waals surface area contributed by atoms with Gasteiger partial charge < -0.3 is 26.4 Å². The number of hydrogen-bond acceptors (Lipinski definition) is 11. The number of benzene rings is 2. The zero-order valence-electron chi connectivity index (χ0n) is 24.3.